The molecule has 2 aromatic rings. The summed E-state index contributed by atoms with van der Waals surface area (Å²) in [6.07, 6.45) is 1.40. The van der Waals surface area contributed by atoms with Gasteiger partial charge in [-0.2, -0.15) is 4.31 Å². The molecular formula is C20H23FN2O3S. The van der Waals surface area contributed by atoms with E-state index in [0.717, 1.165) is 12.0 Å². The minimum absolute atomic E-state index is 0.0283. The number of hydrogen-bond donors (Lipinski definition) is 1. The second-order valence-electron chi connectivity index (χ2n) is 7.07. The van der Waals surface area contributed by atoms with E-state index in [4.69, 9.17) is 5.73 Å². The summed E-state index contributed by atoms with van der Waals surface area (Å²) in [7, 11) is -3.42. The van der Waals surface area contributed by atoms with Gasteiger partial charge in [-0.05, 0) is 56.0 Å². The molecule has 1 amide bonds. The van der Waals surface area contributed by atoms with E-state index in [9.17, 15) is 17.6 Å². The highest BCUT2D eigenvalue weighted by atomic mass is 32.2. The maximum Gasteiger partial charge on any atom is 0.248 e. The third-order valence-corrected chi connectivity index (χ3v) is 7.60. The largest absolute Gasteiger partial charge is 0.366 e. The predicted octanol–water partition coefficient (Wildman–Crippen LogP) is 3.29. The second kappa shape index (κ2) is 7.40. The maximum atomic E-state index is 14.7. The van der Waals surface area contributed by atoms with Crippen molar-refractivity contribution < 1.29 is 17.6 Å². The van der Waals surface area contributed by atoms with Gasteiger partial charge in [-0.1, -0.05) is 24.3 Å². The van der Waals surface area contributed by atoms with Crippen LogP contribution in [0.25, 0.3) is 11.1 Å². The Hall–Kier alpha value is -2.25. The van der Waals surface area contributed by atoms with Gasteiger partial charge in [0.2, 0.25) is 15.9 Å². The molecule has 0 saturated carbocycles. The lowest BCUT2D eigenvalue weighted by atomic mass is 10.0. The van der Waals surface area contributed by atoms with Crippen LogP contribution in [0, 0.1) is 5.82 Å². The van der Waals surface area contributed by atoms with Crippen LogP contribution in [0.4, 0.5) is 4.39 Å². The van der Waals surface area contributed by atoms with Crippen molar-refractivity contribution in [1.29, 1.82) is 0 Å². The Kier molecular flexibility index (Phi) is 5.35. The summed E-state index contributed by atoms with van der Waals surface area (Å²) in [6, 6.07) is 11.2. The molecule has 1 saturated heterocycles. The van der Waals surface area contributed by atoms with Crippen LogP contribution in [0.15, 0.2) is 42.5 Å². The number of benzene rings is 2. The van der Waals surface area contributed by atoms with Crippen LogP contribution in [-0.4, -0.2) is 29.9 Å². The van der Waals surface area contributed by atoms with Gasteiger partial charge in [-0.3, -0.25) is 4.79 Å². The lowest BCUT2D eigenvalue weighted by molar-refractivity contribution is 0.100. The van der Waals surface area contributed by atoms with Gasteiger partial charge in [0.15, 0.2) is 0 Å². The number of sulfonamides is 1. The molecule has 7 heteroatoms. The maximum absolute atomic E-state index is 14.7. The van der Waals surface area contributed by atoms with Crippen LogP contribution in [0.2, 0.25) is 0 Å². The molecular weight excluding hydrogens is 367 g/mol. The van der Waals surface area contributed by atoms with Crippen molar-refractivity contribution in [3.8, 4) is 11.1 Å². The van der Waals surface area contributed by atoms with Gasteiger partial charge in [-0.25, -0.2) is 12.8 Å². The summed E-state index contributed by atoms with van der Waals surface area (Å²) in [5.74, 6) is -0.971. The molecule has 1 unspecified atom stereocenters. The Morgan fingerprint density at radius 3 is 2.33 bits per heavy atom. The highest BCUT2D eigenvalue weighted by molar-refractivity contribution is 7.89. The lowest BCUT2D eigenvalue weighted by Gasteiger charge is -2.36. The van der Waals surface area contributed by atoms with E-state index in [1.807, 2.05) is 6.92 Å². The predicted molar refractivity (Wildman–Crippen MR) is 103 cm³/mol. The third-order valence-electron chi connectivity index (χ3n) is 5.20. The first-order valence-corrected chi connectivity index (χ1v) is 10.4. The zero-order valence-electron chi connectivity index (χ0n) is 15.4. The fraction of sp³-hybridized carbons (Fsp3) is 0.350. The Labute approximate surface area is 159 Å². The Morgan fingerprint density at radius 2 is 1.74 bits per heavy atom. The van der Waals surface area contributed by atoms with Gasteiger partial charge >= 0.3 is 0 Å². The fourth-order valence-corrected chi connectivity index (χ4v) is 5.17. The van der Waals surface area contributed by atoms with Crippen LogP contribution >= 0.6 is 0 Å². The average Bonchev–Trinajstić information content (AvgIpc) is 2.63. The van der Waals surface area contributed by atoms with E-state index in [1.54, 1.807) is 43.3 Å². The summed E-state index contributed by atoms with van der Waals surface area (Å²) in [6.45, 7) is 3.58. The third kappa shape index (κ3) is 3.89. The molecule has 27 heavy (non-hydrogen) atoms. The van der Waals surface area contributed by atoms with Crippen molar-refractivity contribution in [3.05, 3.63) is 59.4 Å². The quantitative estimate of drug-likeness (QED) is 0.870. The number of nitrogens with zero attached hydrogens (tertiary/aromatic N) is 1. The summed E-state index contributed by atoms with van der Waals surface area (Å²) in [5.41, 5.74) is 7.35. The minimum atomic E-state index is -3.42. The Morgan fingerprint density at radius 1 is 1.11 bits per heavy atom. The molecule has 144 valence electrons. The van der Waals surface area contributed by atoms with Gasteiger partial charge in [0.05, 0.1) is 5.25 Å². The summed E-state index contributed by atoms with van der Waals surface area (Å²) >= 11 is 0. The molecule has 2 N–H and O–H groups in total. The summed E-state index contributed by atoms with van der Waals surface area (Å²) in [4.78, 5) is 11.1. The molecule has 5 nitrogen and oxygen atoms in total. The molecule has 1 aliphatic rings. The van der Waals surface area contributed by atoms with E-state index in [2.05, 4.69) is 0 Å². The fourth-order valence-electron chi connectivity index (χ4n) is 3.35. The molecule has 0 spiro atoms. The molecule has 1 fully saturated rings. The number of carbonyl (C=O) groups is 1. The van der Waals surface area contributed by atoms with Crippen molar-refractivity contribution in [2.24, 2.45) is 5.73 Å². The van der Waals surface area contributed by atoms with E-state index >= 15 is 0 Å². The lowest BCUT2D eigenvalue weighted by Crippen LogP contribution is -2.47. The van der Waals surface area contributed by atoms with Gasteiger partial charge in [0.25, 0.3) is 0 Å². The second-order valence-corrected chi connectivity index (χ2v) is 9.38. The highest BCUT2D eigenvalue weighted by Gasteiger charge is 2.37. The molecule has 1 aliphatic heterocycles. The standard InChI is InChI=1S/C20H23FN2O3S/c1-13-3-4-14(2)27(25,26)23(13)12-18-10-9-17(11-19(18)21)15-5-7-16(8-6-15)20(22)24/h5-11,13-14H,3-4,12H2,1-2H3,(H2,22,24)/t13-,14?/m0/s1. The van der Waals surface area contributed by atoms with E-state index in [0.29, 0.717) is 23.1 Å². The smallest absolute Gasteiger partial charge is 0.248 e. The molecule has 1 heterocycles. The number of halogens is 1. The zero-order chi connectivity index (χ0) is 19.8. The highest BCUT2D eigenvalue weighted by Crippen LogP contribution is 2.29. The van der Waals surface area contributed by atoms with Crippen molar-refractivity contribution in [1.82, 2.24) is 4.31 Å². The average molecular weight is 390 g/mol. The van der Waals surface area contributed by atoms with Crippen molar-refractivity contribution in [2.75, 3.05) is 0 Å². The zero-order valence-corrected chi connectivity index (χ0v) is 16.2. The van der Waals surface area contributed by atoms with E-state index < -0.39 is 27.0 Å². The van der Waals surface area contributed by atoms with Gasteiger partial charge in [-0.15, -0.1) is 0 Å². The Bertz CT molecular complexity index is 958. The number of amides is 1. The molecule has 0 aliphatic carbocycles. The first-order chi connectivity index (χ1) is 12.7. The van der Waals surface area contributed by atoms with Crippen LogP contribution in [0.5, 0.6) is 0 Å². The van der Waals surface area contributed by atoms with E-state index in [1.165, 1.54) is 10.4 Å². The van der Waals surface area contributed by atoms with Crippen molar-refractivity contribution in [3.63, 3.8) is 0 Å². The van der Waals surface area contributed by atoms with Crippen LogP contribution < -0.4 is 5.73 Å². The number of hydrogen-bond acceptors (Lipinski definition) is 3. The molecule has 0 radical (unpaired) electrons. The topological polar surface area (TPSA) is 80.5 Å². The summed E-state index contributed by atoms with van der Waals surface area (Å²) in [5, 5.41) is -0.445. The van der Waals surface area contributed by atoms with Crippen LogP contribution in [0.3, 0.4) is 0 Å². The Balaban J connectivity index is 1.85. The normalized spacial score (nSPS) is 22.5. The van der Waals surface area contributed by atoms with Crippen molar-refractivity contribution >= 4 is 15.9 Å². The van der Waals surface area contributed by atoms with Crippen LogP contribution in [0.1, 0.15) is 42.6 Å². The monoisotopic (exact) mass is 390 g/mol. The molecule has 0 aromatic heterocycles. The number of rotatable bonds is 4. The summed E-state index contributed by atoms with van der Waals surface area (Å²) < 4.78 is 41.2. The van der Waals surface area contributed by atoms with Crippen molar-refractivity contribution in [2.45, 2.75) is 44.5 Å². The first-order valence-electron chi connectivity index (χ1n) is 8.89. The molecule has 2 aromatic carbocycles. The first kappa shape index (κ1) is 19.5. The minimum Gasteiger partial charge on any atom is -0.366 e. The van der Waals surface area contributed by atoms with Gasteiger partial charge < -0.3 is 5.73 Å². The van der Waals surface area contributed by atoms with Gasteiger partial charge in [0, 0.05) is 23.7 Å². The van der Waals surface area contributed by atoms with Gasteiger partial charge in [0.1, 0.15) is 5.82 Å². The molecule has 2 atom stereocenters. The molecule has 0 bridgehead atoms. The van der Waals surface area contributed by atoms with E-state index in [-0.39, 0.29) is 12.6 Å². The number of nitrogens with two attached hydrogens (primary N) is 1. The SMILES string of the molecule is CC1CC[C@H](C)N(Cc2ccc(-c3ccc(C(N)=O)cc3)cc2F)S1(=O)=O. The van der Waals surface area contributed by atoms with Crippen LogP contribution in [-0.2, 0) is 16.6 Å². The number of primary amides is 1. The molecule has 3 rings (SSSR count). The number of carbonyl (C=O) groups excluding carboxylic acids is 1.